The second kappa shape index (κ2) is 8.03. The van der Waals surface area contributed by atoms with Crippen LogP contribution in [0.4, 0.5) is 0 Å². The zero-order chi connectivity index (χ0) is 22.5. The summed E-state index contributed by atoms with van der Waals surface area (Å²) in [6.45, 7) is 10.2. The molecule has 2 aliphatic rings. The van der Waals surface area contributed by atoms with E-state index < -0.39 is 0 Å². The summed E-state index contributed by atoms with van der Waals surface area (Å²) in [5.74, 6) is 1.84. The van der Waals surface area contributed by atoms with Crippen molar-refractivity contribution < 1.29 is 4.74 Å². The van der Waals surface area contributed by atoms with Gasteiger partial charge in [0.05, 0.1) is 24.3 Å². The molecule has 1 aromatic carbocycles. The molecule has 1 unspecified atom stereocenters. The van der Waals surface area contributed by atoms with Crippen molar-refractivity contribution >= 4 is 10.9 Å². The molecule has 33 heavy (non-hydrogen) atoms. The van der Waals surface area contributed by atoms with Gasteiger partial charge >= 0.3 is 0 Å². The SMILES string of the molecule is Cc1cc2c(c(C)n1)OCC(C)c1c-2[nH]c2ccc(C3CCN(Cc4cnc[nH]4)CC3)cc12. The second-order valence-corrected chi connectivity index (χ2v) is 9.78. The predicted molar refractivity (Wildman–Crippen MR) is 131 cm³/mol. The Balaban J connectivity index is 1.32. The van der Waals surface area contributed by atoms with Crippen LogP contribution in [0.1, 0.15) is 59.8 Å². The van der Waals surface area contributed by atoms with Crippen LogP contribution in [0.15, 0.2) is 36.8 Å². The molecule has 0 amide bonds. The monoisotopic (exact) mass is 441 g/mol. The van der Waals surface area contributed by atoms with Gasteiger partial charge in [0.2, 0.25) is 0 Å². The molecule has 2 aliphatic heterocycles. The van der Waals surface area contributed by atoms with E-state index in [1.54, 1.807) is 6.33 Å². The standard InChI is InChI=1S/C27H31N5O/c1-16-14-33-27-18(3)30-17(2)10-23(27)26-25(16)22-11-20(4-5-24(22)31-26)19-6-8-32(9-7-19)13-21-12-28-15-29-21/h4-5,10-12,15-16,19,31H,6-9,13-14H2,1-3H3,(H,28,29). The number of nitrogens with one attached hydrogen (secondary N) is 2. The van der Waals surface area contributed by atoms with Crippen molar-refractivity contribution in [3.8, 4) is 17.0 Å². The van der Waals surface area contributed by atoms with Gasteiger partial charge in [-0.1, -0.05) is 13.0 Å². The first-order chi connectivity index (χ1) is 16.1. The third kappa shape index (κ3) is 3.62. The maximum Gasteiger partial charge on any atom is 0.149 e. The lowest BCUT2D eigenvalue weighted by Gasteiger charge is -2.31. The molecule has 6 heteroatoms. The molecule has 6 rings (SSSR count). The quantitative estimate of drug-likeness (QED) is 0.444. The van der Waals surface area contributed by atoms with E-state index in [2.05, 4.69) is 62.9 Å². The summed E-state index contributed by atoms with van der Waals surface area (Å²) in [6, 6.07) is 9.22. The number of fused-ring (bicyclic) bond motifs is 5. The number of hydrogen-bond donors (Lipinski definition) is 2. The van der Waals surface area contributed by atoms with Crippen LogP contribution in [-0.4, -0.2) is 44.5 Å². The van der Waals surface area contributed by atoms with E-state index in [1.807, 2.05) is 13.1 Å². The van der Waals surface area contributed by atoms with Crippen LogP contribution in [0.2, 0.25) is 0 Å². The third-order valence-electron chi connectivity index (χ3n) is 7.38. The maximum absolute atomic E-state index is 6.24. The van der Waals surface area contributed by atoms with Gasteiger partial charge in [0.1, 0.15) is 5.75 Å². The third-order valence-corrected chi connectivity index (χ3v) is 7.38. The van der Waals surface area contributed by atoms with Crippen molar-refractivity contribution in [2.45, 2.75) is 52.0 Å². The normalized spacial score (nSPS) is 19.2. The minimum Gasteiger partial charge on any atom is -0.490 e. The number of rotatable bonds is 3. The Morgan fingerprint density at radius 3 is 2.79 bits per heavy atom. The van der Waals surface area contributed by atoms with Gasteiger partial charge in [-0.15, -0.1) is 0 Å². The number of H-pyrrole nitrogens is 2. The highest BCUT2D eigenvalue weighted by molar-refractivity contribution is 5.93. The van der Waals surface area contributed by atoms with Crippen molar-refractivity contribution in [2.24, 2.45) is 0 Å². The lowest BCUT2D eigenvalue weighted by Crippen LogP contribution is -2.32. The van der Waals surface area contributed by atoms with Gasteiger partial charge in [-0.2, -0.15) is 0 Å². The summed E-state index contributed by atoms with van der Waals surface area (Å²) in [5, 5.41) is 1.35. The molecule has 5 heterocycles. The van der Waals surface area contributed by atoms with Gasteiger partial charge in [-0.25, -0.2) is 4.98 Å². The van der Waals surface area contributed by atoms with Crippen LogP contribution in [0.5, 0.6) is 5.75 Å². The number of imidazole rings is 1. The number of aryl methyl sites for hydroxylation is 2. The number of hydrogen-bond acceptors (Lipinski definition) is 4. The molecular weight excluding hydrogens is 410 g/mol. The first-order valence-electron chi connectivity index (χ1n) is 12.0. The van der Waals surface area contributed by atoms with Gasteiger partial charge in [-0.3, -0.25) is 9.88 Å². The van der Waals surface area contributed by atoms with Crippen LogP contribution < -0.4 is 4.74 Å². The molecule has 0 saturated carbocycles. The number of likely N-dealkylation sites (tertiary alicyclic amines) is 1. The van der Waals surface area contributed by atoms with Gasteiger partial charge in [-0.05, 0) is 75.0 Å². The first kappa shape index (κ1) is 20.5. The van der Waals surface area contributed by atoms with Crippen LogP contribution >= 0.6 is 0 Å². The summed E-state index contributed by atoms with van der Waals surface area (Å²) in [5.41, 5.74) is 9.59. The van der Waals surface area contributed by atoms with E-state index in [4.69, 9.17) is 4.74 Å². The van der Waals surface area contributed by atoms with Gasteiger partial charge in [0.15, 0.2) is 0 Å². The van der Waals surface area contributed by atoms with Crippen LogP contribution in [0, 0.1) is 13.8 Å². The number of ether oxygens (including phenoxy) is 1. The van der Waals surface area contributed by atoms with Gasteiger partial charge in [0, 0.05) is 46.5 Å². The smallest absolute Gasteiger partial charge is 0.149 e. The lowest BCUT2D eigenvalue weighted by atomic mass is 9.87. The zero-order valence-corrected chi connectivity index (χ0v) is 19.6. The maximum atomic E-state index is 6.24. The van der Waals surface area contributed by atoms with Gasteiger partial charge < -0.3 is 14.7 Å². The molecule has 1 fully saturated rings. The molecule has 6 nitrogen and oxygen atoms in total. The van der Waals surface area contributed by atoms with E-state index in [-0.39, 0.29) is 0 Å². The number of nitrogens with zero attached hydrogens (tertiary/aromatic N) is 3. The topological polar surface area (TPSA) is 69.8 Å². The number of aromatic amines is 2. The second-order valence-electron chi connectivity index (χ2n) is 9.78. The molecule has 0 aliphatic carbocycles. The highest BCUT2D eigenvalue weighted by atomic mass is 16.5. The summed E-state index contributed by atoms with van der Waals surface area (Å²) in [7, 11) is 0. The molecule has 1 atom stereocenters. The largest absolute Gasteiger partial charge is 0.490 e. The minimum atomic E-state index is 0.312. The van der Waals surface area contributed by atoms with Crippen LogP contribution in [-0.2, 0) is 6.54 Å². The molecule has 4 aromatic rings. The molecular formula is C27H31N5O. The average molecular weight is 442 g/mol. The fourth-order valence-corrected chi connectivity index (χ4v) is 5.72. The Labute approximate surface area is 194 Å². The van der Waals surface area contributed by atoms with E-state index in [0.717, 1.165) is 42.3 Å². The highest BCUT2D eigenvalue weighted by Gasteiger charge is 2.28. The minimum absolute atomic E-state index is 0.312. The molecule has 0 spiro atoms. The first-order valence-corrected chi connectivity index (χ1v) is 12.0. The fourth-order valence-electron chi connectivity index (χ4n) is 5.72. The van der Waals surface area contributed by atoms with E-state index in [0.29, 0.717) is 18.4 Å². The zero-order valence-electron chi connectivity index (χ0n) is 19.6. The van der Waals surface area contributed by atoms with E-state index in [1.165, 1.54) is 46.3 Å². The van der Waals surface area contributed by atoms with Gasteiger partial charge in [0.25, 0.3) is 0 Å². The van der Waals surface area contributed by atoms with E-state index in [9.17, 15) is 0 Å². The van der Waals surface area contributed by atoms with Crippen LogP contribution in [0.3, 0.4) is 0 Å². The highest BCUT2D eigenvalue weighted by Crippen LogP contribution is 2.44. The number of piperidine rings is 1. The Morgan fingerprint density at radius 2 is 2.00 bits per heavy atom. The molecule has 1 saturated heterocycles. The molecule has 0 bridgehead atoms. The fraction of sp³-hybridized carbons (Fsp3) is 0.407. The Kier molecular flexibility index (Phi) is 4.98. The van der Waals surface area contributed by atoms with Crippen molar-refractivity contribution in [3.63, 3.8) is 0 Å². The van der Waals surface area contributed by atoms with Crippen molar-refractivity contribution in [3.05, 3.63) is 65.0 Å². The molecule has 3 aromatic heterocycles. The summed E-state index contributed by atoms with van der Waals surface area (Å²) in [4.78, 5) is 18.3. The van der Waals surface area contributed by atoms with Crippen LogP contribution in [0.25, 0.3) is 22.2 Å². The number of pyridine rings is 1. The number of aromatic nitrogens is 4. The molecule has 170 valence electrons. The molecule has 0 radical (unpaired) electrons. The Hall–Kier alpha value is -3.12. The summed E-state index contributed by atoms with van der Waals surface area (Å²) < 4.78 is 6.24. The average Bonchev–Trinajstić information content (AvgIpc) is 3.42. The van der Waals surface area contributed by atoms with Crippen molar-refractivity contribution in [1.29, 1.82) is 0 Å². The Bertz CT molecular complexity index is 1300. The molecule has 2 N–H and O–H groups in total. The van der Waals surface area contributed by atoms with Crippen molar-refractivity contribution in [2.75, 3.05) is 19.7 Å². The van der Waals surface area contributed by atoms with Crippen molar-refractivity contribution in [1.82, 2.24) is 24.8 Å². The number of benzene rings is 1. The summed E-state index contributed by atoms with van der Waals surface area (Å²) in [6.07, 6.45) is 6.08. The lowest BCUT2D eigenvalue weighted by molar-refractivity contribution is 0.203. The predicted octanol–water partition coefficient (Wildman–Crippen LogP) is 5.45. The van der Waals surface area contributed by atoms with E-state index >= 15 is 0 Å². The Morgan fingerprint density at radius 1 is 1.15 bits per heavy atom. The summed E-state index contributed by atoms with van der Waals surface area (Å²) >= 11 is 0.